The molecule has 6 nitrogen and oxygen atoms in total. The molecule has 1 aromatic heterocycles. The van der Waals surface area contributed by atoms with Crippen molar-refractivity contribution in [2.24, 2.45) is 5.92 Å². The van der Waals surface area contributed by atoms with Gasteiger partial charge in [0, 0.05) is 17.5 Å². The highest BCUT2D eigenvalue weighted by Crippen LogP contribution is 2.26. The Morgan fingerprint density at radius 2 is 2.08 bits per heavy atom. The second-order valence-electron chi connectivity index (χ2n) is 5.66. The fourth-order valence-electron chi connectivity index (χ4n) is 2.52. The van der Waals surface area contributed by atoms with Gasteiger partial charge >= 0.3 is 5.97 Å². The normalized spacial score (nSPS) is 15.6. The van der Waals surface area contributed by atoms with E-state index in [1.165, 1.54) is 19.2 Å². The number of nitrogen functional groups attached to an aromatic ring is 1. The van der Waals surface area contributed by atoms with Gasteiger partial charge in [0.05, 0.1) is 18.4 Å². The lowest BCUT2D eigenvalue weighted by atomic mass is 10.0. The number of carbonyl (C=O) groups is 2. The number of ketones is 1. The molecule has 7 heteroatoms. The monoisotopic (exact) mass is 401 g/mol. The molecule has 2 heterocycles. The summed E-state index contributed by atoms with van der Waals surface area (Å²) in [5.74, 6) is -0.411. The van der Waals surface area contributed by atoms with Gasteiger partial charge in [0.15, 0.2) is 5.82 Å². The second-order valence-corrected chi connectivity index (χ2v) is 6.42. The van der Waals surface area contributed by atoms with E-state index >= 15 is 0 Å². The van der Waals surface area contributed by atoms with E-state index in [1.807, 2.05) is 31.4 Å². The molecule has 128 valence electrons. The zero-order valence-electron chi connectivity index (χ0n) is 13.7. The van der Waals surface area contributed by atoms with Gasteiger partial charge in [-0.2, -0.15) is 0 Å². The number of anilines is 1. The Labute approximate surface area is 153 Å². The summed E-state index contributed by atoms with van der Waals surface area (Å²) in [6, 6.07) is 4.51. The zero-order valence-corrected chi connectivity index (χ0v) is 15.3. The molecular formula is C18H16BrN3O3. The zero-order chi connectivity index (χ0) is 18.1. The van der Waals surface area contributed by atoms with E-state index in [0.717, 1.165) is 5.69 Å². The number of hydrogen-bond acceptors (Lipinski definition) is 5. The van der Waals surface area contributed by atoms with Crippen LogP contribution in [-0.4, -0.2) is 28.4 Å². The number of fused-ring (bicyclic) bond motifs is 1. The minimum atomic E-state index is -0.591. The molecule has 0 radical (unpaired) electrons. The maximum atomic E-state index is 12.9. The highest BCUT2D eigenvalue weighted by atomic mass is 79.9. The topological polar surface area (TPSA) is 87.2 Å². The van der Waals surface area contributed by atoms with Gasteiger partial charge in [-0.15, -0.1) is 0 Å². The van der Waals surface area contributed by atoms with Gasteiger partial charge in [-0.05, 0) is 46.1 Å². The molecule has 0 bridgehead atoms. The molecule has 1 atom stereocenters. The predicted molar refractivity (Wildman–Crippen MR) is 99.1 cm³/mol. The average Bonchev–Trinajstić information content (AvgIpc) is 2.78. The summed E-state index contributed by atoms with van der Waals surface area (Å²) >= 11 is 3.40. The largest absolute Gasteiger partial charge is 0.465 e. The van der Waals surface area contributed by atoms with Crippen molar-refractivity contribution in [1.29, 1.82) is 0 Å². The number of methoxy groups -OCH3 is 1. The van der Waals surface area contributed by atoms with Crippen molar-refractivity contribution < 1.29 is 14.3 Å². The SMILES string of the molecule is COC(=O)c1cc(C(=O)c2nc(Br)c3n2C=CC(C)C=C3)ccc1N. The van der Waals surface area contributed by atoms with Crippen molar-refractivity contribution in [3.05, 3.63) is 57.6 Å². The molecule has 0 saturated heterocycles. The van der Waals surface area contributed by atoms with Gasteiger partial charge in [-0.3, -0.25) is 9.36 Å². The Balaban J connectivity index is 2.08. The lowest BCUT2D eigenvalue weighted by Crippen LogP contribution is -2.12. The van der Waals surface area contributed by atoms with Crippen LogP contribution in [0.2, 0.25) is 0 Å². The second kappa shape index (κ2) is 6.68. The molecule has 1 aliphatic heterocycles. The Morgan fingerprint density at radius 1 is 1.32 bits per heavy atom. The Bertz CT molecular complexity index is 928. The van der Waals surface area contributed by atoms with Crippen LogP contribution < -0.4 is 5.73 Å². The first-order valence-corrected chi connectivity index (χ1v) is 8.38. The number of nitrogens with two attached hydrogens (primary N) is 1. The smallest absolute Gasteiger partial charge is 0.339 e. The van der Waals surface area contributed by atoms with E-state index in [9.17, 15) is 9.59 Å². The standard InChI is InChI=1S/C18H16BrN3O3/c1-10-3-6-14-16(19)21-17(22(14)8-7-10)15(23)11-4-5-13(20)12(9-11)18(24)25-2/h3-10H,20H2,1-2H3. The van der Waals surface area contributed by atoms with Crippen molar-refractivity contribution >= 4 is 45.6 Å². The quantitative estimate of drug-likeness (QED) is 0.483. The first-order chi connectivity index (χ1) is 11.9. The number of nitrogens with zero attached hydrogens (tertiary/aromatic N) is 2. The molecule has 0 aliphatic carbocycles. The van der Waals surface area contributed by atoms with Crippen LogP contribution in [0, 0.1) is 5.92 Å². The van der Waals surface area contributed by atoms with Crippen LogP contribution in [0.4, 0.5) is 5.69 Å². The van der Waals surface area contributed by atoms with E-state index in [4.69, 9.17) is 10.5 Å². The van der Waals surface area contributed by atoms with Gasteiger partial charge in [0.25, 0.3) is 0 Å². The van der Waals surface area contributed by atoms with Crippen LogP contribution in [0.5, 0.6) is 0 Å². The summed E-state index contributed by atoms with van der Waals surface area (Å²) in [4.78, 5) is 29.1. The molecule has 2 aromatic rings. The minimum Gasteiger partial charge on any atom is -0.465 e. The summed E-state index contributed by atoms with van der Waals surface area (Å²) in [7, 11) is 1.26. The molecule has 0 saturated carbocycles. The number of aromatic nitrogens is 2. The number of rotatable bonds is 3. The summed E-state index contributed by atoms with van der Waals surface area (Å²) in [6.45, 7) is 2.05. The van der Waals surface area contributed by atoms with Crippen LogP contribution >= 0.6 is 15.9 Å². The predicted octanol–water partition coefficient (Wildman–Crippen LogP) is 3.38. The molecule has 1 unspecified atom stereocenters. The summed E-state index contributed by atoms with van der Waals surface area (Å²) in [5, 5.41) is 0. The summed E-state index contributed by atoms with van der Waals surface area (Å²) < 4.78 is 7.00. The Morgan fingerprint density at radius 3 is 2.80 bits per heavy atom. The number of esters is 1. The first kappa shape index (κ1) is 17.2. The van der Waals surface area contributed by atoms with Crippen LogP contribution in [0.15, 0.2) is 35.0 Å². The third-order valence-corrected chi connectivity index (χ3v) is 4.51. The van der Waals surface area contributed by atoms with E-state index in [0.29, 0.717) is 10.2 Å². The van der Waals surface area contributed by atoms with E-state index in [2.05, 4.69) is 20.9 Å². The number of allylic oxidation sites excluding steroid dienone is 2. The minimum absolute atomic E-state index is 0.152. The van der Waals surface area contributed by atoms with Crippen LogP contribution in [0.1, 0.15) is 39.2 Å². The van der Waals surface area contributed by atoms with Crippen LogP contribution in [0.3, 0.4) is 0 Å². The van der Waals surface area contributed by atoms with Crippen molar-refractivity contribution in [1.82, 2.24) is 9.55 Å². The van der Waals surface area contributed by atoms with Gasteiger partial charge < -0.3 is 10.5 Å². The van der Waals surface area contributed by atoms with E-state index in [1.54, 1.807) is 10.6 Å². The third kappa shape index (κ3) is 3.15. The lowest BCUT2D eigenvalue weighted by Gasteiger charge is -2.07. The number of hydrogen-bond donors (Lipinski definition) is 1. The maximum absolute atomic E-state index is 12.9. The average molecular weight is 402 g/mol. The molecule has 1 aliphatic rings. The van der Waals surface area contributed by atoms with Crippen molar-refractivity contribution in [3.8, 4) is 0 Å². The number of ether oxygens (including phenoxy) is 1. The number of imidazole rings is 1. The molecule has 3 rings (SSSR count). The molecule has 0 amide bonds. The molecule has 1 aromatic carbocycles. The fourth-order valence-corrected chi connectivity index (χ4v) is 3.01. The first-order valence-electron chi connectivity index (χ1n) is 7.59. The summed E-state index contributed by atoms with van der Waals surface area (Å²) in [5.41, 5.74) is 7.29. The van der Waals surface area contributed by atoms with Crippen molar-refractivity contribution in [3.63, 3.8) is 0 Å². The lowest BCUT2D eigenvalue weighted by molar-refractivity contribution is 0.0602. The summed E-state index contributed by atoms with van der Waals surface area (Å²) in [6.07, 6.45) is 7.74. The van der Waals surface area contributed by atoms with E-state index < -0.39 is 5.97 Å². The number of carbonyl (C=O) groups excluding carboxylic acids is 2. The van der Waals surface area contributed by atoms with Gasteiger partial charge in [-0.25, -0.2) is 9.78 Å². The van der Waals surface area contributed by atoms with Gasteiger partial charge in [-0.1, -0.05) is 19.1 Å². The number of halogens is 1. The Hall–Kier alpha value is -2.67. The third-order valence-electron chi connectivity index (χ3n) is 3.92. The van der Waals surface area contributed by atoms with E-state index in [-0.39, 0.29) is 28.8 Å². The Kier molecular flexibility index (Phi) is 4.59. The van der Waals surface area contributed by atoms with Gasteiger partial charge in [0.1, 0.15) is 4.60 Å². The molecule has 25 heavy (non-hydrogen) atoms. The number of benzene rings is 1. The van der Waals surface area contributed by atoms with Crippen molar-refractivity contribution in [2.75, 3.05) is 12.8 Å². The molecule has 0 spiro atoms. The maximum Gasteiger partial charge on any atom is 0.339 e. The highest BCUT2D eigenvalue weighted by molar-refractivity contribution is 9.10. The fraction of sp³-hybridized carbons (Fsp3) is 0.167. The van der Waals surface area contributed by atoms with Crippen molar-refractivity contribution in [2.45, 2.75) is 6.92 Å². The molecule has 0 fully saturated rings. The van der Waals surface area contributed by atoms with Crippen LogP contribution in [-0.2, 0) is 4.74 Å². The molecule has 2 N–H and O–H groups in total. The molecular weight excluding hydrogens is 386 g/mol. The van der Waals surface area contributed by atoms with Gasteiger partial charge in [0.2, 0.25) is 5.78 Å². The highest BCUT2D eigenvalue weighted by Gasteiger charge is 2.22. The van der Waals surface area contributed by atoms with Crippen LogP contribution in [0.25, 0.3) is 12.3 Å².